The Morgan fingerprint density at radius 1 is 1.03 bits per heavy atom. The van der Waals surface area contributed by atoms with Gasteiger partial charge in [0.15, 0.2) is 0 Å². The summed E-state index contributed by atoms with van der Waals surface area (Å²) in [6, 6.07) is -0.310. The van der Waals surface area contributed by atoms with Crippen molar-refractivity contribution in [2.45, 2.75) is 115 Å². The highest BCUT2D eigenvalue weighted by molar-refractivity contribution is 5.68. The second-order valence-corrected chi connectivity index (χ2v) is 10.7. The molecule has 0 aromatic carbocycles. The summed E-state index contributed by atoms with van der Waals surface area (Å²) < 4.78 is 5.70. The number of rotatable bonds is 9. The van der Waals surface area contributed by atoms with E-state index in [9.17, 15) is 25.2 Å². The van der Waals surface area contributed by atoms with Gasteiger partial charge in [-0.3, -0.25) is 4.90 Å². The van der Waals surface area contributed by atoms with Crippen LogP contribution in [0.5, 0.6) is 0 Å². The lowest BCUT2D eigenvalue weighted by atomic mass is 9.85. The summed E-state index contributed by atoms with van der Waals surface area (Å²) in [5.74, 6) is 0.485. The molecule has 2 aliphatic rings. The Bertz CT molecular complexity index is 569. The zero-order valence-electron chi connectivity index (χ0n) is 20.4. The van der Waals surface area contributed by atoms with Crippen molar-refractivity contribution >= 4 is 6.09 Å². The maximum absolute atomic E-state index is 12.9. The van der Waals surface area contributed by atoms with Crippen molar-refractivity contribution in [3.63, 3.8) is 0 Å². The van der Waals surface area contributed by atoms with Gasteiger partial charge in [0.05, 0.1) is 18.8 Å². The lowest BCUT2D eigenvalue weighted by molar-refractivity contribution is -0.145. The smallest absolute Gasteiger partial charge is 0.410 e. The van der Waals surface area contributed by atoms with Crippen LogP contribution in [0.4, 0.5) is 4.79 Å². The summed E-state index contributed by atoms with van der Waals surface area (Å²) in [6.07, 6.45) is 4.66. The van der Waals surface area contributed by atoms with Gasteiger partial charge in [0.2, 0.25) is 0 Å². The van der Waals surface area contributed by atoms with E-state index in [1.807, 2.05) is 30.6 Å². The Morgan fingerprint density at radius 3 is 2.31 bits per heavy atom. The number of piperidine rings is 1. The van der Waals surface area contributed by atoms with E-state index in [1.165, 1.54) is 6.42 Å². The molecule has 8 nitrogen and oxygen atoms in total. The van der Waals surface area contributed by atoms with Crippen molar-refractivity contribution in [1.82, 2.24) is 9.80 Å². The van der Waals surface area contributed by atoms with Crippen molar-refractivity contribution in [2.24, 2.45) is 5.92 Å². The third-order valence-corrected chi connectivity index (χ3v) is 6.90. The van der Waals surface area contributed by atoms with E-state index in [-0.39, 0.29) is 25.3 Å². The number of amides is 1. The Morgan fingerprint density at radius 2 is 1.69 bits per heavy atom. The van der Waals surface area contributed by atoms with Crippen LogP contribution in [-0.2, 0) is 4.74 Å². The number of carbonyl (C=O) groups excluding carboxylic acids is 1. The Balaban J connectivity index is 1.80. The van der Waals surface area contributed by atoms with Crippen LogP contribution in [-0.4, -0.2) is 98.6 Å². The monoisotopic (exact) mass is 458 g/mol. The van der Waals surface area contributed by atoms with Gasteiger partial charge in [-0.1, -0.05) is 32.6 Å². The fraction of sp³-hybridized carbons (Fsp3) is 0.958. The number of β-amino-alcohol motifs (C(OH)–C–C–N with tert-alkyl or cyclic N) is 1. The highest BCUT2D eigenvalue weighted by Crippen LogP contribution is 2.29. The summed E-state index contributed by atoms with van der Waals surface area (Å²) in [6.45, 7) is 9.27. The molecule has 1 amide bonds. The van der Waals surface area contributed by atoms with Gasteiger partial charge in [-0.2, -0.15) is 0 Å². The topological polar surface area (TPSA) is 114 Å². The van der Waals surface area contributed by atoms with Crippen LogP contribution >= 0.6 is 0 Å². The highest BCUT2D eigenvalue weighted by Gasteiger charge is 2.40. The number of aliphatic hydroxyl groups excluding tert-OH is 4. The molecule has 2 fully saturated rings. The maximum Gasteiger partial charge on any atom is 0.410 e. The van der Waals surface area contributed by atoms with E-state index >= 15 is 0 Å². The van der Waals surface area contributed by atoms with Crippen molar-refractivity contribution in [3.8, 4) is 0 Å². The second-order valence-electron chi connectivity index (χ2n) is 10.7. The van der Waals surface area contributed by atoms with Crippen molar-refractivity contribution in [3.05, 3.63) is 0 Å². The van der Waals surface area contributed by atoms with Crippen LogP contribution in [0.25, 0.3) is 0 Å². The average molecular weight is 459 g/mol. The molecule has 4 N–H and O–H groups in total. The fourth-order valence-corrected chi connectivity index (χ4v) is 5.06. The molecule has 0 aromatic heterocycles. The van der Waals surface area contributed by atoms with Crippen molar-refractivity contribution in [1.29, 1.82) is 0 Å². The van der Waals surface area contributed by atoms with E-state index in [2.05, 4.69) is 6.92 Å². The zero-order valence-corrected chi connectivity index (χ0v) is 20.4. The Kier molecular flexibility index (Phi) is 10.7. The van der Waals surface area contributed by atoms with Gasteiger partial charge in [0.1, 0.15) is 17.8 Å². The van der Waals surface area contributed by atoms with Gasteiger partial charge in [0.25, 0.3) is 0 Å². The van der Waals surface area contributed by atoms with E-state index in [0.717, 1.165) is 44.9 Å². The minimum atomic E-state index is -1.22. The van der Waals surface area contributed by atoms with E-state index in [0.29, 0.717) is 19.0 Å². The predicted octanol–water partition coefficient (Wildman–Crippen LogP) is 2.12. The lowest BCUT2D eigenvalue weighted by Gasteiger charge is -2.43. The van der Waals surface area contributed by atoms with Gasteiger partial charge >= 0.3 is 6.09 Å². The molecule has 1 aliphatic carbocycles. The molecule has 0 spiro atoms. The first kappa shape index (κ1) is 27.3. The molecule has 32 heavy (non-hydrogen) atoms. The SMILES string of the molecule is CC1CCCCC1N(CCCCCCN1C[C@H](O)[C@@H](O)[C@H](O)[C@H]1CO)C(=O)OC(C)(C)C. The second kappa shape index (κ2) is 12.5. The summed E-state index contributed by atoms with van der Waals surface area (Å²) in [4.78, 5) is 16.7. The van der Waals surface area contributed by atoms with Crippen LogP contribution in [0.1, 0.15) is 79.1 Å². The van der Waals surface area contributed by atoms with Gasteiger partial charge in [-0.05, 0) is 58.9 Å². The van der Waals surface area contributed by atoms with Crippen LogP contribution in [0.3, 0.4) is 0 Å². The van der Waals surface area contributed by atoms with Gasteiger partial charge < -0.3 is 30.1 Å². The van der Waals surface area contributed by atoms with E-state index in [4.69, 9.17) is 4.74 Å². The Hall–Kier alpha value is -0.930. The summed E-state index contributed by atoms with van der Waals surface area (Å²) >= 11 is 0. The van der Waals surface area contributed by atoms with Crippen molar-refractivity contribution < 1.29 is 30.0 Å². The third kappa shape index (κ3) is 7.83. The minimum absolute atomic E-state index is 0.211. The highest BCUT2D eigenvalue weighted by atomic mass is 16.6. The van der Waals surface area contributed by atoms with Crippen LogP contribution in [0, 0.1) is 5.92 Å². The molecule has 0 bridgehead atoms. The minimum Gasteiger partial charge on any atom is -0.444 e. The number of likely N-dealkylation sites (tertiary alicyclic amines) is 1. The number of aliphatic hydroxyl groups is 4. The number of hydrogen-bond acceptors (Lipinski definition) is 7. The van der Waals surface area contributed by atoms with Gasteiger partial charge in [-0.25, -0.2) is 4.79 Å². The molecule has 188 valence electrons. The number of ether oxygens (including phenoxy) is 1. The van der Waals surface area contributed by atoms with E-state index in [1.54, 1.807) is 0 Å². The van der Waals surface area contributed by atoms with Gasteiger partial charge in [-0.15, -0.1) is 0 Å². The van der Waals surface area contributed by atoms with Crippen LogP contribution < -0.4 is 0 Å². The van der Waals surface area contributed by atoms with E-state index < -0.39 is 30.0 Å². The number of hydrogen-bond donors (Lipinski definition) is 4. The molecular formula is C24H46N2O6. The lowest BCUT2D eigenvalue weighted by Crippen LogP contribution is -2.62. The fourth-order valence-electron chi connectivity index (χ4n) is 5.06. The molecule has 1 saturated heterocycles. The summed E-state index contributed by atoms with van der Waals surface area (Å²) in [7, 11) is 0. The molecule has 2 unspecified atom stereocenters. The molecule has 8 heteroatoms. The number of nitrogens with zero attached hydrogens (tertiary/aromatic N) is 2. The first-order chi connectivity index (χ1) is 15.0. The van der Waals surface area contributed by atoms with Crippen LogP contribution in [0.2, 0.25) is 0 Å². The molecule has 6 atom stereocenters. The normalized spacial score (nSPS) is 32.0. The molecule has 1 saturated carbocycles. The Labute approximate surface area is 193 Å². The largest absolute Gasteiger partial charge is 0.444 e. The summed E-state index contributed by atoms with van der Waals surface area (Å²) in [5.41, 5.74) is -0.506. The predicted molar refractivity (Wildman–Crippen MR) is 123 cm³/mol. The molecule has 2 rings (SSSR count). The first-order valence-corrected chi connectivity index (χ1v) is 12.4. The van der Waals surface area contributed by atoms with Gasteiger partial charge in [0, 0.05) is 19.1 Å². The zero-order chi connectivity index (χ0) is 23.9. The molecule has 0 radical (unpaired) electrons. The number of carbonyl (C=O) groups is 1. The third-order valence-electron chi connectivity index (χ3n) is 6.90. The summed E-state index contributed by atoms with van der Waals surface area (Å²) in [5, 5.41) is 39.4. The molecular weight excluding hydrogens is 412 g/mol. The maximum atomic E-state index is 12.9. The van der Waals surface area contributed by atoms with Crippen molar-refractivity contribution in [2.75, 3.05) is 26.2 Å². The first-order valence-electron chi connectivity index (χ1n) is 12.4. The molecule has 1 aliphatic heterocycles. The quantitative estimate of drug-likeness (QED) is 0.391. The molecule has 1 heterocycles. The average Bonchev–Trinajstić information content (AvgIpc) is 2.71. The standard InChI is InChI=1S/C24H46N2O6/c1-17-11-7-8-12-18(17)26(23(31)32-24(2,3)4)14-10-6-5-9-13-25-15-20(28)22(30)21(29)19(25)16-27/h17-22,27-30H,5-16H2,1-4H3/t17?,18?,19-,20+,21-,22-/m1/s1. The molecule has 0 aromatic rings. The van der Waals surface area contributed by atoms with Crippen LogP contribution in [0.15, 0.2) is 0 Å². The number of unbranched alkanes of at least 4 members (excludes halogenated alkanes) is 3.